The Morgan fingerprint density at radius 1 is 1.17 bits per heavy atom. The molecule has 0 aromatic heterocycles. The van der Waals surface area contributed by atoms with Crippen LogP contribution in [0.15, 0.2) is 0 Å². The minimum absolute atomic E-state index is 0.627. The molecule has 0 aliphatic carbocycles. The van der Waals surface area contributed by atoms with E-state index < -0.39 is 0 Å². The first-order valence-electron chi connectivity index (χ1n) is 7.88. The Bertz CT molecular complexity index is 242. The van der Waals surface area contributed by atoms with Crippen LogP contribution in [-0.4, -0.2) is 60.6 Å². The smallest absolute Gasteiger partial charge is 0.0224 e. The first-order chi connectivity index (χ1) is 8.66. The Kier molecular flexibility index (Phi) is 5.46. The molecule has 0 aromatic rings. The Balaban J connectivity index is 1.64. The first kappa shape index (κ1) is 14.3. The van der Waals surface area contributed by atoms with Gasteiger partial charge in [-0.05, 0) is 45.7 Å². The van der Waals surface area contributed by atoms with Crippen LogP contribution in [0.4, 0.5) is 0 Å². The molecule has 2 fully saturated rings. The summed E-state index contributed by atoms with van der Waals surface area (Å²) in [6.07, 6.45) is 5.50. The van der Waals surface area contributed by atoms with Crippen LogP contribution >= 0.6 is 0 Å². The molecule has 0 bridgehead atoms. The number of rotatable bonds is 6. The van der Waals surface area contributed by atoms with Crippen molar-refractivity contribution in [1.82, 2.24) is 15.1 Å². The number of hydrogen-bond acceptors (Lipinski definition) is 3. The van der Waals surface area contributed by atoms with Crippen molar-refractivity contribution in [2.75, 3.05) is 32.7 Å². The molecule has 2 aliphatic heterocycles. The first-order valence-corrected chi connectivity index (χ1v) is 7.88. The molecule has 0 aromatic carbocycles. The quantitative estimate of drug-likeness (QED) is 0.730. The van der Waals surface area contributed by atoms with Gasteiger partial charge >= 0.3 is 0 Å². The van der Waals surface area contributed by atoms with Gasteiger partial charge in [0.15, 0.2) is 0 Å². The van der Waals surface area contributed by atoms with Gasteiger partial charge in [-0.3, -0.25) is 9.80 Å². The summed E-state index contributed by atoms with van der Waals surface area (Å²) < 4.78 is 0. The van der Waals surface area contributed by atoms with Gasteiger partial charge in [0.2, 0.25) is 0 Å². The molecular formula is C15H31N3. The van der Waals surface area contributed by atoms with E-state index in [-0.39, 0.29) is 0 Å². The van der Waals surface area contributed by atoms with Crippen LogP contribution in [0.2, 0.25) is 0 Å². The summed E-state index contributed by atoms with van der Waals surface area (Å²) >= 11 is 0. The molecule has 2 heterocycles. The van der Waals surface area contributed by atoms with Gasteiger partial charge in [-0.15, -0.1) is 0 Å². The second-order valence-corrected chi connectivity index (χ2v) is 6.43. The van der Waals surface area contributed by atoms with Crippen molar-refractivity contribution in [3.05, 3.63) is 0 Å². The summed E-state index contributed by atoms with van der Waals surface area (Å²) in [5.74, 6) is 0. The monoisotopic (exact) mass is 253 g/mol. The minimum Gasteiger partial charge on any atom is -0.315 e. The van der Waals surface area contributed by atoms with E-state index in [0.717, 1.165) is 12.1 Å². The zero-order valence-corrected chi connectivity index (χ0v) is 12.5. The number of fused-ring (bicyclic) bond motifs is 1. The van der Waals surface area contributed by atoms with Crippen molar-refractivity contribution in [3.63, 3.8) is 0 Å². The fourth-order valence-electron chi connectivity index (χ4n) is 3.39. The van der Waals surface area contributed by atoms with Crippen molar-refractivity contribution in [1.29, 1.82) is 0 Å². The molecule has 3 heteroatoms. The second-order valence-electron chi connectivity index (χ2n) is 6.43. The standard InChI is InChI=1S/C15H31N3/c1-13(2)16-8-4-6-14(3)18-11-10-17-9-5-7-15(17)12-18/h13-16H,4-12H2,1-3H3. The SMILES string of the molecule is CC(C)NCCCC(C)N1CCN2CCCC2C1. The average molecular weight is 253 g/mol. The third-order valence-corrected chi connectivity index (χ3v) is 4.59. The third kappa shape index (κ3) is 3.94. The lowest BCUT2D eigenvalue weighted by Crippen LogP contribution is -2.52. The average Bonchev–Trinajstić information content (AvgIpc) is 2.81. The highest BCUT2D eigenvalue weighted by Gasteiger charge is 2.31. The summed E-state index contributed by atoms with van der Waals surface area (Å²) in [6.45, 7) is 13.3. The molecule has 2 saturated heterocycles. The molecule has 3 nitrogen and oxygen atoms in total. The topological polar surface area (TPSA) is 18.5 Å². The highest BCUT2D eigenvalue weighted by molar-refractivity contribution is 4.88. The molecule has 18 heavy (non-hydrogen) atoms. The molecule has 106 valence electrons. The Morgan fingerprint density at radius 3 is 2.78 bits per heavy atom. The molecule has 2 aliphatic rings. The Hall–Kier alpha value is -0.120. The molecule has 0 spiro atoms. The summed E-state index contributed by atoms with van der Waals surface area (Å²) in [5.41, 5.74) is 0. The number of nitrogens with zero attached hydrogens (tertiary/aromatic N) is 2. The maximum Gasteiger partial charge on any atom is 0.0224 e. The van der Waals surface area contributed by atoms with E-state index in [9.17, 15) is 0 Å². The molecule has 0 saturated carbocycles. The zero-order chi connectivity index (χ0) is 13.0. The van der Waals surface area contributed by atoms with E-state index in [2.05, 4.69) is 35.9 Å². The van der Waals surface area contributed by atoms with Crippen molar-refractivity contribution in [3.8, 4) is 0 Å². The maximum absolute atomic E-state index is 3.51. The third-order valence-electron chi connectivity index (χ3n) is 4.59. The molecular weight excluding hydrogens is 222 g/mol. The van der Waals surface area contributed by atoms with E-state index in [1.165, 1.54) is 58.4 Å². The normalized spacial score (nSPS) is 27.7. The van der Waals surface area contributed by atoms with Crippen molar-refractivity contribution in [2.24, 2.45) is 0 Å². The lowest BCUT2D eigenvalue weighted by molar-refractivity contribution is 0.0736. The maximum atomic E-state index is 3.51. The summed E-state index contributed by atoms with van der Waals surface area (Å²) in [7, 11) is 0. The van der Waals surface area contributed by atoms with Crippen LogP contribution in [0.1, 0.15) is 46.5 Å². The van der Waals surface area contributed by atoms with E-state index >= 15 is 0 Å². The van der Waals surface area contributed by atoms with Gasteiger partial charge in [0, 0.05) is 37.8 Å². The lowest BCUT2D eigenvalue weighted by Gasteiger charge is -2.40. The molecule has 2 atom stereocenters. The fourth-order valence-corrected chi connectivity index (χ4v) is 3.39. The molecule has 0 amide bonds. The minimum atomic E-state index is 0.627. The van der Waals surface area contributed by atoms with Crippen molar-refractivity contribution in [2.45, 2.75) is 64.6 Å². The van der Waals surface area contributed by atoms with E-state index in [1.54, 1.807) is 0 Å². The van der Waals surface area contributed by atoms with E-state index in [0.29, 0.717) is 6.04 Å². The number of hydrogen-bond donors (Lipinski definition) is 1. The van der Waals surface area contributed by atoms with E-state index in [1.807, 2.05) is 0 Å². The van der Waals surface area contributed by atoms with Crippen LogP contribution in [0, 0.1) is 0 Å². The molecule has 1 N–H and O–H groups in total. The summed E-state index contributed by atoms with van der Waals surface area (Å²) in [5, 5.41) is 3.51. The van der Waals surface area contributed by atoms with Gasteiger partial charge in [-0.1, -0.05) is 13.8 Å². The zero-order valence-electron chi connectivity index (χ0n) is 12.5. The largest absolute Gasteiger partial charge is 0.315 e. The number of nitrogens with one attached hydrogen (secondary N) is 1. The Labute approximate surface area is 113 Å². The van der Waals surface area contributed by atoms with Crippen LogP contribution in [0.25, 0.3) is 0 Å². The van der Waals surface area contributed by atoms with Gasteiger partial charge in [0.25, 0.3) is 0 Å². The lowest BCUT2D eigenvalue weighted by atomic mass is 10.1. The highest BCUT2D eigenvalue weighted by Crippen LogP contribution is 2.23. The summed E-state index contributed by atoms with van der Waals surface area (Å²) in [4.78, 5) is 5.42. The molecule has 0 radical (unpaired) electrons. The van der Waals surface area contributed by atoms with Gasteiger partial charge in [-0.25, -0.2) is 0 Å². The predicted molar refractivity (Wildman–Crippen MR) is 78.0 cm³/mol. The fraction of sp³-hybridized carbons (Fsp3) is 1.00. The van der Waals surface area contributed by atoms with Gasteiger partial charge in [-0.2, -0.15) is 0 Å². The van der Waals surface area contributed by atoms with Crippen molar-refractivity contribution >= 4 is 0 Å². The van der Waals surface area contributed by atoms with Crippen LogP contribution in [-0.2, 0) is 0 Å². The van der Waals surface area contributed by atoms with E-state index in [4.69, 9.17) is 0 Å². The Morgan fingerprint density at radius 2 is 2.00 bits per heavy atom. The summed E-state index contributed by atoms with van der Waals surface area (Å²) in [6, 6.07) is 2.26. The second kappa shape index (κ2) is 6.88. The van der Waals surface area contributed by atoms with Crippen LogP contribution in [0.5, 0.6) is 0 Å². The van der Waals surface area contributed by atoms with Gasteiger partial charge < -0.3 is 5.32 Å². The predicted octanol–water partition coefficient (Wildman–Crippen LogP) is 1.93. The van der Waals surface area contributed by atoms with Crippen LogP contribution < -0.4 is 5.32 Å². The molecule has 2 unspecified atom stereocenters. The van der Waals surface area contributed by atoms with Gasteiger partial charge in [0.1, 0.15) is 0 Å². The number of piperazine rings is 1. The van der Waals surface area contributed by atoms with Crippen molar-refractivity contribution < 1.29 is 0 Å². The molecule has 2 rings (SSSR count). The van der Waals surface area contributed by atoms with Crippen LogP contribution in [0.3, 0.4) is 0 Å². The van der Waals surface area contributed by atoms with Gasteiger partial charge in [0.05, 0.1) is 0 Å². The highest BCUT2D eigenvalue weighted by atomic mass is 15.3.